The van der Waals surface area contributed by atoms with Gasteiger partial charge in [0.25, 0.3) is 0 Å². The first-order valence-corrected chi connectivity index (χ1v) is 8.43. The fraction of sp³-hybridized carbons (Fsp3) is 1.00. The predicted octanol–water partition coefficient (Wildman–Crippen LogP) is 2.59. The minimum absolute atomic E-state index is 0.182. The molecule has 0 amide bonds. The normalized spacial score (nSPS) is 34.4. The molecule has 1 aliphatic heterocycles. The van der Waals surface area contributed by atoms with Crippen LogP contribution in [0.2, 0.25) is 0 Å². The maximum absolute atomic E-state index is 9.93. The number of hydrogen-bond donors (Lipinski definition) is 1. The van der Waals surface area contributed by atoms with E-state index >= 15 is 0 Å². The molecule has 2 rings (SSSR count). The molecule has 1 heterocycles. The molecule has 3 nitrogen and oxygen atoms in total. The lowest BCUT2D eigenvalue weighted by atomic mass is 9.70. The second kappa shape index (κ2) is 6.33. The van der Waals surface area contributed by atoms with Gasteiger partial charge < -0.3 is 10.0 Å². The molecular formula is C17H34N2O. The minimum atomic E-state index is 0.182. The van der Waals surface area contributed by atoms with Gasteiger partial charge in [-0.3, -0.25) is 4.90 Å². The third-order valence-corrected chi connectivity index (χ3v) is 5.40. The average molecular weight is 282 g/mol. The average Bonchev–Trinajstić information content (AvgIpc) is 2.38. The number of aliphatic hydroxyl groups excluding tert-OH is 1. The predicted molar refractivity (Wildman–Crippen MR) is 84.9 cm³/mol. The first-order valence-electron chi connectivity index (χ1n) is 8.43. The Morgan fingerprint density at radius 3 is 2.30 bits per heavy atom. The van der Waals surface area contributed by atoms with Crippen molar-refractivity contribution in [3.8, 4) is 0 Å². The third-order valence-electron chi connectivity index (χ3n) is 5.40. The van der Waals surface area contributed by atoms with Crippen molar-refractivity contribution < 1.29 is 5.11 Å². The van der Waals surface area contributed by atoms with Gasteiger partial charge in [-0.2, -0.15) is 0 Å². The van der Waals surface area contributed by atoms with Gasteiger partial charge in [0, 0.05) is 50.3 Å². The Hall–Kier alpha value is -0.120. The van der Waals surface area contributed by atoms with Crippen LogP contribution in [-0.4, -0.2) is 59.8 Å². The highest BCUT2D eigenvalue weighted by Crippen LogP contribution is 2.39. The highest BCUT2D eigenvalue weighted by atomic mass is 16.3. The first kappa shape index (κ1) is 16.3. The molecule has 20 heavy (non-hydrogen) atoms. The molecule has 118 valence electrons. The molecule has 1 saturated heterocycles. The maximum Gasteiger partial charge on any atom is 0.0499 e. The Bertz CT molecular complexity index is 305. The number of nitrogens with zero attached hydrogens (tertiary/aromatic N) is 2. The number of piperazine rings is 1. The van der Waals surface area contributed by atoms with E-state index in [2.05, 4.69) is 37.5 Å². The quantitative estimate of drug-likeness (QED) is 0.862. The Balaban J connectivity index is 1.87. The van der Waals surface area contributed by atoms with E-state index in [1.54, 1.807) is 0 Å². The summed E-state index contributed by atoms with van der Waals surface area (Å²) in [5.74, 6) is 0.784. The van der Waals surface area contributed by atoms with Gasteiger partial charge in [0.05, 0.1) is 0 Å². The molecule has 0 aromatic rings. The zero-order valence-electron chi connectivity index (χ0n) is 14.0. The van der Waals surface area contributed by atoms with Crippen molar-refractivity contribution in [1.82, 2.24) is 9.80 Å². The summed E-state index contributed by atoms with van der Waals surface area (Å²) in [6.45, 7) is 15.4. The Kier molecular flexibility index (Phi) is 5.14. The number of rotatable bonds is 3. The van der Waals surface area contributed by atoms with Crippen LogP contribution in [0.5, 0.6) is 0 Å². The van der Waals surface area contributed by atoms with Crippen LogP contribution < -0.4 is 0 Å². The third kappa shape index (κ3) is 3.96. The Labute approximate surface area is 125 Å². The van der Waals surface area contributed by atoms with Crippen molar-refractivity contribution in [3.05, 3.63) is 0 Å². The lowest BCUT2D eigenvalue weighted by Gasteiger charge is -2.46. The van der Waals surface area contributed by atoms with Crippen LogP contribution in [0.15, 0.2) is 0 Å². The molecule has 0 aromatic heterocycles. The highest BCUT2D eigenvalue weighted by Gasteiger charge is 2.37. The van der Waals surface area contributed by atoms with E-state index < -0.39 is 0 Å². The van der Waals surface area contributed by atoms with Gasteiger partial charge in [-0.15, -0.1) is 0 Å². The van der Waals surface area contributed by atoms with Crippen molar-refractivity contribution in [1.29, 1.82) is 0 Å². The van der Waals surface area contributed by atoms with Gasteiger partial charge in [-0.1, -0.05) is 19.8 Å². The molecule has 2 atom stereocenters. The van der Waals surface area contributed by atoms with Crippen LogP contribution in [0.3, 0.4) is 0 Å². The zero-order valence-corrected chi connectivity index (χ0v) is 14.0. The van der Waals surface area contributed by atoms with E-state index in [-0.39, 0.29) is 5.41 Å². The molecule has 0 radical (unpaired) electrons. The summed E-state index contributed by atoms with van der Waals surface area (Å²) in [7, 11) is 0. The van der Waals surface area contributed by atoms with Crippen molar-refractivity contribution in [2.45, 2.75) is 58.9 Å². The maximum atomic E-state index is 9.93. The molecular weight excluding hydrogens is 248 g/mol. The van der Waals surface area contributed by atoms with Gasteiger partial charge in [-0.25, -0.2) is 0 Å². The molecule has 1 N–H and O–H groups in total. The molecule has 1 aliphatic carbocycles. The van der Waals surface area contributed by atoms with Crippen molar-refractivity contribution >= 4 is 0 Å². The molecule has 2 unspecified atom stereocenters. The summed E-state index contributed by atoms with van der Waals surface area (Å²) in [6, 6.07) is 0. The molecule has 2 fully saturated rings. The van der Waals surface area contributed by atoms with Crippen LogP contribution >= 0.6 is 0 Å². The molecule has 0 spiro atoms. The van der Waals surface area contributed by atoms with E-state index in [1.807, 2.05) is 0 Å². The Morgan fingerprint density at radius 2 is 1.80 bits per heavy atom. The number of hydrogen-bond acceptors (Lipinski definition) is 3. The second-order valence-corrected chi connectivity index (χ2v) is 8.29. The molecule has 0 aromatic carbocycles. The largest absolute Gasteiger partial charge is 0.396 e. The van der Waals surface area contributed by atoms with Crippen molar-refractivity contribution in [2.24, 2.45) is 11.3 Å². The van der Waals surface area contributed by atoms with Gasteiger partial charge in [0.1, 0.15) is 0 Å². The molecule has 2 aliphatic rings. The van der Waals surface area contributed by atoms with E-state index in [1.165, 1.54) is 38.8 Å². The van der Waals surface area contributed by atoms with Gasteiger partial charge in [0.2, 0.25) is 0 Å². The first-order chi connectivity index (χ1) is 9.35. The van der Waals surface area contributed by atoms with E-state index in [9.17, 15) is 5.11 Å². The fourth-order valence-electron chi connectivity index (χ4n) is 4.16. The van der Waals surface area contributed by atoms with Gasteiger partial charge in [0.15, 0.2) is 0 Å². The SMILES string of the molecule is CC1CCCC(CO)(CN2CCN(C(C)(C)C)CC2)C1. The lowest BCUT2D eigenvalue weighted by Crippen LogP contribution is -2.55. The van der Waals surface area contributed by atoms with Gasteiger partial charge >= 0.3 is 0 Å². The summed E-state index contributed by atoms with van der Waals surface area (Å²) in [6.07, 6.45) is 5.07. The van der Waals surface area contributed by atoms with E-state index in [0.717, 1.165) is 25.6 Å². The van der Waals surface area contributed by atoms with Crippen LogP contribution in [0, 0.1) is 11.3 Å². The van der Waals surface area contributed by atoms with E-state index in [0.29, 0.717) is 12.1 Å². The highest BCUT2D eigenvalue weighted by molar-refractivity contribution is 4.90. The standard InChI is InChI=1S/C17H34N2O/c1-15-6-5-7-17(12-15,14-20)13-18-8-10-19(11-9-18)16(2,3)4/h15,20H,5-14H2,1-4H3. The van der Waals surface area contributed by atoms with Crippen LogP contribution in [0.1, 0.15) is 53.4 Å². The van der Waals surface area contributed by atoms with Crippen LogP contribution in [0.4, 0.5) is 0 Å². The molecule has 1 saturated carbocycles. The fourth-order valence-corrected chi connectivity index (χ4v) is 4.16. The summed E-state index contributed by atoms with van der Waals surface area (Å²) >= 11 is 0. The summed E-state index contributed by atoms with van der Waals surface area (Å²) in [4.78, 5) is 5.18. The second-order valence-electron chi connectivity index (χ2n) is 8.29. The van der Waals surface area contributed by atoms with Crippen LogP contribution in [0.25, 0.3) is 0 Å². The summed E-state index contributed by atoms with van der Waals surface area (Å²) < 4.78 is 0. The Morgan fingerprint density at radius 1 is 1.15 bits per heavy atom. The number of aliphatic hydroxyl groups is 1. The zero-order chi connectivity index (χ0) is 14.8. The lowest BCUT2D eigenvalue weighted by molar-refractivity contribution is -0.00460. The van der Waals surface area contributed by atoms with E-state index in [4.69, 9.17) is 0 Å². The molecule has 3 heteroatoms. The van der Waals surface area contributed by atoms with Gasteiger partial charge in [-0.05, 0) is 39.5 Å². The summed E-state index contributed by atoms with van der Waals surface area (Å²) in [5, 5.41) is 9.93. The monoisotopic (exact) mass is 282 g/mol. The van der Waals surface area contributed by atoms with Crippen molar-refractivity contribution in [3.63, 3.8) is 0 Å². The van der Waals surface area contributed by atoms with Crippen LogP contribution in [-0.2, 0) is 0 Å². The molecule has 0 bridgehead atoms. The van der Waals surface area contributed by atoms with Crippen molar-refractivity contribution in [2.75, 3.05) is 39.3 Å². The smallest absolute Gasteiger partial charge is 0.0499 e. The summed E-state index contributed by atoms with van der Waals surface area (Å²) in [5.41, 5.74) is 0.474. The topological polar surface area (TPSA) is 26.7 Å². The minimum Gasteiger partial charge on any atom is -0.396 e.